The Morgan fingerprint density at radius 2 is 2.12 bits per heavy atom. The molecule has 1 N–H and O–H groups in total. The second-order valence-electron chi connectivity index (χ2n) is 3.15. The van der Waals surface area contributed by atoms with Crippen LogP contribution < -0.4 is 5.32 Å². The van der Waals surface area contributed by atoms with Crippen LogP contribution in [0.25, 0.3) is 0 Å². The van der Waals surface area contributed by atoms with Gasteiger partial charge in [-0.15, -0.1) is 0 Å². The maximum Gasteiger partial charge on any atom is 0.251 e. The van der Waals surface area contributed by atoms with Crippen LogP contribution in [0.5, 0.6) is 0 Å². The predicted molar refractivity (Wildman–Crippen MR) is 72.3 cm³/mol. The molecule has 0 bridgehead atoms. The summed E-state index contributed by atoms with van der Waals surface area (Å²) in [4.78, 5) is 11.6. The first-order chi connectivity index (χ1) is 7.74. The number of benzene rings is 1. The summed E-state index contributed by atoms with van der Waals surface area (Å²) in [7, 11) is 0. The summed E-state index contributed by atoms with van der Waals surface area (Å²) in [6.07, 6.45) is 2.18. The van der Waals surface area contributed by atoms with Gasteiger partial charge in [0.15, 0.2) is 0 Å². The number of ether oxygens (including phenoxy) is 1. The topological polar surface area (TPSA) is 38.3 Å². The molecule has 0 aliphatic heterocycles. The average molecular weight is 331 g/mol. The fraction of sp³-hybridized carbons (Fsp3) is 0.250. The van der Waals surface area contributed by atoms with E-state index in [9.17, 15) is 4.79 Å². The van der Waals surface area contributed by atoms with E-state index >= 15 is 0 Å². The normalized spacial score (nSPS) is 9.56. The van der Waals surface area contributed by atoms with E-state index in [0.29, 0.717) is 18.7 Å². The number of hydrogen-bond acceptors (Lipinski definition) is 2. The standard InChI is InChI=1S/C12H14INO2/c1-2-16-9-3-8-14-12(15)10-4-6-11(13)7-5-10/h2,4-7H,1,3,8-9H2,(H,14,15). The molecule has 0 heterocycles. The monoisotopic (exact) mass is 331 g/mol. The largest absolute Gasteiger partial charge is 0.502 e. The molecule has 0 radical (unpaired) electrons. The first kappa shape index (κ1) is 13.0. The second kappa shape index (κ2) is 7.27. The minimum atomic E-state index is -0.0463. The summed E-state index contributed by atoms with van der Waals surface area (Å²) in [5, 5.41) is 2.82. The van der Waals surface area contributed by atoms with Gasteiger partial charge in [0.2, 0.25) is 0 Å². The van der Waals surface area contributed by atoms with Crippen molar-refractivity contribution >= 4 is 28.5 Å². The van der Waals surface area contributed by atoms with Crippen LogP contribution in [0.2, 0.25) is 0 Å². The van der Waals surface area contributed by atoms with Gasteiger partial charge in [-0.3, -0.25) is 4.79 Å². The van der Waals surface area contributed by atoms with Crippen molar-refractivity contribution in [3.63, 3.8) is 0 Å². The Hall–Kier alpha value is -1.04. The molecule has 1 rings (SSSR count). The molecular formula is C12H14INO2. The maximum atomic E-state index is 11.6. The fourth-order valence-electron chi connectivity index (χ4n) is 1.14. The highest BCUT2D eigenvalue weighted by molar-refractivity contribution is 14.1. The average Bonchev–Trinajstić information content (AvgIpc) is 2.29. The van der Waals surface area contributed by atoms with Gasteiger partial charge in [-0.05, 0) is 53.3 Å². The van der Waals surface area contributed by atoms with E-state index in [1.165, 1.54) is 6.26 Å². The lowest BCUT2D eigenvalue weighted by molar-refractivity contribution is 0.0950. The van der Waals surface area contributed by atoms with Crippen molar-refractivity contribution in [3.05, 3.63) is 46.2 Å². The van der Waals surface area contributed by atoms with E-state index in [0.717, 1.165) is 9.99 Å². The van der Waals surface area contributed by atoms with Gasteiger partial charge < -0.3 is 10.1 Å². The number of hydrogen-bond donors (Lipinski definition) is 1. The SMILES string of the molecule is C=COCCCNC(=O)c1ccc(I)cc1. The lowest BCUT2D eigenvalue weighted by atomic mass is 10.2. The van der Waals surface area contributed by atoms with Gasteiger partial charge in [0, 0.05) is 15.7 Å². The van der Waals surface area contributed by atoms with Crippen LogP contribution in [0, 0.1) is 3.57 Å². The van der Waals surface area contributed by atoms with E-state index in [-0.39, 0.29) is 5.91 Å². The van der Waals surface area contributed by atoms with E-state index in [1.807, 2.05) is 24.3 Å². The molecule has 1 aromatic carbocycles. The minimum absolute atomic E-state index is 0.0463. The lowest BCUT2D eigenvalue weighted by Gasteiger charge is -2.05. The van der Waals surface area contributed by atoms with E-state index < -0.39 is 0 Å². The molecule has 4 heteroatoms. The van der Waals surface area contributed by atoms with Gasteiger partial charge in [0.25, 0.3) is 5.91 Å². The number of carbonyl (C=O) groups is 1. The van der Waals surface area contributed by atoms with Gasteiger partial charge >= 0.3 is 0 Å². The van der Waals surface area contributed by atoms with Crippen LogP contribution in [-0.2, 0) is 4.74 Å². The van der Waals surface area contributed by atoms with E-state index in [1.54, 1.807) is 0 Å². The van der Waals surface area contributed by atoms with Crippen LogP contribution in [-0.4, -0.2) is 19.1 Å². The zero-order valence-corrected chi connectivity index (χ0v) is 11.1. The Morgan fingerprint density at radius 1 is 1.44 bits per heavy atom. The molecule has 1 amide bonds. The number of carbonyl (C=O) groups excluding carboxylic acids is 1. The van der Waals surface area contributed by atoms with Crippen molar-refractivity contribution in [1.29, 1.82) is 0 Å². The van der Waals surface area contributed by atoms with Gasteiger partial charge in [-0.2, -0.15) is 0 Å². The smallest absolute Gasteiger partial charge is 0.251 e. The molecule has 0 fully saturated rings. The Balaban J connectivity index is 2.29. The molecule has 0 saturated heterocycles. The van der Waals surface area contributed by atoms with E-state index in [2.05, 4.69) is 34.5 Å². The van der Waals surface area contributed by atoms with Crippen LogP contribution in [0.1, 0.15) is 16.8 Å². The Labute approximate surface area is 109 Å². The summed E-state index contributed by atoms with van der Waals surface area (Å²) in [5.74, 6) is -0.0463. The lowest BCUT2D eigenvalue weighted by Crippen LogP contribution is -2.25. The zero-order valence-electron chi connectivity index (χ0n) is 8.91. The van der Waals surface area contributed by atoms with Gasteiger partial charge in [0.05, 0.1) is 12.9 Å². The predicted octanol–water partition coefficient (Wildman–Crippen LogP) is 2.57. The first-order valence-corrected chi connectivity index (χ1v) is 6.08. The third-order valence-corrected chi connectivity index (χ3v) is 2.67. The molecule has 0 aliphatic carbocycles. The summed E-state index contributed by atoms with van der Waals surface area (Å²) in [6.45, 7) is 4.63. The molecular weight excluding hydrogens is 317 g/mol. The number of amides is 1. The van der Waals surface area contributed by atoms with Crippen molar-refractivity contribution in [2.75, 3.05) is 13.2 Å². The molecule has 86 valence electrons. The molecule has 0 atom stereocenters. The molecule has 0 saturated carbocycles. The molecule has 0 spiro atoms. The summed E-state index contributed by atoms with van der Waals surface area (Å²) in [5.41, 5.74) is 0.685. The minimum Gasteiger partial charge on any atom is -0.502 e. The van der Waals surface area contributed by atoms with Crippen molar-refractivity contribution in [3.8, 4) is 0 Å². The van der Waals surface area contributed by atoms with Crippen molar-refractivity contribution < 1.29 is 9.53 Å². The fourth-order valence-corrected chi connectivity index (χ4v) is 1.50. The number of rotatable bonds is 6. The Bertz CT molecular complexity index is 349. The van der Waals surface area contributed by atoms with E-state index in [4.69, 9.17) is 4.74 Å². The van der Waals surface area contributed by atoms with Crippen LogP contribution in [0.4, 0.5) is 0 Å². The Kier molecular flexibility index (Phi) is 5.92. The molecule has 0 aromatic heterocycles. The maximum absolute atomic E-state index is 11.6. The van der Waals surface area contributed by atoms with Crippen LogP contribution in [0.3, 0.4) is 0 Å². The quantitative estimate of drug-likeness (QED) is 0.494. The molecule has 0 unspecified atom stereocenters. The number of nitrogens with one attached hydrogen (secondary N) is 1. The summed E-state index contributed by atoms with van der Waals surface area (Å²) < 4.78 is 6.07. The van der Waals surface area contributed by atoms with Gasteiger partial charge in [-0.1, -0.05) is 6.58 Å². The highest BCUT2D eigenvalue weighted by Crippen LogP contribution is 2.06. The van der Waals surface area contributed by atoms with Crippen molar-refractivity contribution in [2.24, 2.45) is 0 Å². The second-order valence-corrected chi connectivity index (χ2v) is 4.40. The summed E-state index contributed by atoms with van der Waals surface area (Å²) in [6, 6.07) is 7.46. The zero-order chi connectivity index (χ0) is 11.8. The Morgan fingerprint density at radius 3 is 2.75 bits per heavy atom. The first-order valence-electron chi connectivity index (χ1n) is 5.00. The van der Waals surface area contributed by atoms with Gasteiger partial charge in [-0.25, -0.2) is 0 Å². The molecule has 0 aliphatic rings. The molecule has 3 nitrogen and oxygen atoms in total. The van der Waals surface area contributed by atoms with Crippen molar-refractivity contribution in [1.82, 2.24) is 5.32 Å². The molecule has 16 heavy (non-hydrogen) atoms. The van der Waals surface area contributed by atoms with Crippen LogP contribution in [0.15, 0.2) is 37.1 Å². The third-order valence-electron chi connectivity index (χ3n) is 1.95. The highest BCUT2D eigenvalue weighted by Gasteiger charge is 2.03. The number of halogens is 1. The third kappa shape index (κ3) is 4.65. The summed E-state index contributed by atoms with van der Waals surface area (Å²) >= 11 is 2.21. The van der Waals surface area contributed by atoms with Crippen molar-refractivity contribution in [2.45, 2.75) is 6.42 Å². The van der Waals surface area contributed by atoms with Gasteiger partial charge in [0.1, 0.15) is 0 Å². The highest BCUT2D eigenvalue weighted by atomic mass is 127. The van der Waals surface area contributed by atoms with Crippen LogP contribution >= 0.6 is 22.6 Å². The molecule has 1 aromatic rings.